The molecule has 0 aliphatic rings. The van der Waals surface area contributed by atoms with Gasteiger partial charge in [-0.25, -0.2) is 9.37 Å². The van der Waals surface area contributed by atoms with E-state index in [1.165, 1.54) is 30.5 Å². The van der Waals surface area contributed by atoms with Gasteiger partial charge in [0.2, 0.25) is 5.78 Å². The van der Waals surface area contributed by atoms with Crippen molar-refractivity contribution in [2.24, 2.45) is 5.73 Å². The highest BCUT2D eigenvalue weighted by Gasteiger charge is 2.26. The number of Topliss-reactive ketones (excluding diaryl/α,β-unsaturated/α-hetero) is 1. The van der Waals surface area contributed by atoms with Crippen LogP contribution < -0.4 is 5.73 Å². The topological polar surface area (TPSA) is 114 Å². The highest BCUT2D eigenvalue weighted by molar-refractivity contribution is 6.11. The molecule has 0 spiro atoms. The Morgan fingerprint density at radius 1 is 1.24 bits per heavy atom. The summed E-state index contributed by atoms with van der Waals surface area (Å²) in [5.41, 5.74) is 5.58. The maximum Gasteiger partial charge on any atom is 0.328 e. The molecule has 7 heteroatoms. The number of aliphatic carboxylic acids is 1. The van der Waals surface area contributed by atoms with Crippen LogP contribution in [-0.4, -0.2) is 33.0 Å². The zero-order valence-corrected chi connectivity index (χ0v) is 10.7. The lowest BCUT2D eigenvalue weighted by molar-refractivity contribution is -0.137. The van der Waals surface area contributed by atoms with E-state index in [1.54, 1.807) is 6.07 Å². The third kappa shape index (κ3) is 3.03. The standard InChI is InChI=1S/C14H11FN2O4/c15-9-3-1-2-7(4-9)8-5-10(18)12(17-6-8)13(19)11(16)14(20)21/h1-6,11,18H,16H2,(H,20,21). The van der Waals surface area contributed by atoms with Crippen molar-refractivity contribution in [1.29, 1.82) is 0 Å². The molecule has 6 nitrogen and oxygen atoms in total. The number of ketones is 1. The van der Waals surface area contributed by atoms with Crippen molar-refractivity contribution >= 4 is 11.8 Å². The first-order valence-corrected chi connectivity index (χ1v) is 5.87. The Balaban J connectivity index is 2.38. The normalized spacial score (nSPS) is 11.9. The molecule has 108 valence electrons. The minimum Gasteiger partial charge on any atom is -0.506 e. The number of halogens is 1. The quantitative estimate of drug-likeness (QED) is 0.575. The number of aromatic hydroxyl groups is 1. The van der Waals surface area contributed by atoms with Crippen LogP contribution in [0.3, 0.4) is 0 Å². The molecule has 2 aromatic rings. The number of carbonyl (C=O) groups is 2. The van der Waals surface area contributed by atoms with Gasteiger partial charge in [-0.1, -0.05) is 12.1 Å². The van der Waals surface area contributed by atoms with Gasteiger partial charge in [0.1, 0.15) is 17.3 Å². The highest BCUT2D eigenvalue weighted by atomic mass is 19.1. The maximum atomic E-state index is 13.1. The molecule has 0 aliphatic carbocycles. The third-order valence-electron chi connectivity index (χ3n) is 2.81. The number of hydrogen-bond acceptors (Lipinski definition) is 5. The minimum atomic E-state index is -1.80. The van der Waals surface area contributed by atoms with E-state index in [0.717, 1.165) is 0 Å². The molecule has 0 saturated carbocycles. The number of pyridine rings is 1. The van der Waals surface area contributed by atoms with Gasteiger partial charge >= 0.3 is 5.97 Å². The van der Waals surface area contributed by atoms with Crippen LogP contribution in [0.5, 0.6) is 5.75 Å². The number of benzene rings is 1. The van der Waals surface area contributed by atoms with E-state index in [9.17, 15) is 19.1 Å². The highest BCUT2D eigenvalue weighted by Crippen LogP contribution is 2.25. The molecule has 0 bridgehead atoms. The van der Waals surface area contributed by atoms with Crippen molar-refractivity contribution in [3.8, 4) is 16.9 Å². The van der Waals surface area contributed by atoms with Crippen LogP contribution in [0, 0.1) is 5.82 Å². The molecular formula is C14H11FN2O4. The molecule has 1 heterocycles. The lowest BCUT2D eigenvalue weighted by atomic mass is 10.0. The molecule has 2 rings (SSSR count). The second-order valence-electron chi connectivity index (χ2n) is 4.28. The summed E-state index contributed by atoms with van der Waals surface area (Å²) in [6, 6.07) is 4.99. The summed E-state index contributed by atoms with van der Waals surface area (Å²) in [6.07, 6.45) is 1.23. The van der Waals surface area contributed by atoms with Crippen LogP contribution in [0.25, 0.3) is 11.1 Å². The van der Waals surface area contributed by atoms with Gasteiger partial charge in [0.25, 0.3) is 0 Å². The average Bonchev–Trinajstić information content (AvgIpc) is 2.45. The Kier molecular flexibility index (Phi) is 3.95. The monoisotopic (exact) mass is 290 g/mol. The van der Waals surface area contributed by atoms with Gasteiger partial charge in [-0.05, 0) is 23.8 Å². The van der Waals surface area contributed by atoms with Gasteiger partial charge in [-0.2, -0.15) is 0 Å². The Hall–Kier alpha value is -2.80. The van der Waals surface area contributed by atoms with E-state index in [-0.39, 0.29) is 0 Å². The second kappa shape index (κ2) is 5.68. The smallest absolute Gasteiger partial charge is 0.328 e. The summed E-state index contributed by atoms with van der Waals surface area (Å²) in [6.45, 7) is 0. The molecule has 4 N–H and O–H groups in total. The molecule has 0 amide bonds. The predicted octanol–water partition coefficient (Wildman–Crippen LogP) is 1.19. The van der Waals surface area contributed by atoms with E-state index >= 15 is 0 Å². The van der Waals surface area contributed by atoms with Gasteiger partial charge < -0.3 is 15.9 Å². The van der Waals surface area contributed by atoms with Crippen LogP contribution >= 0.6 is 0 Å². The Morgan fingerprint density at radius 2 is 1.95 bits per heavy atom. The van der Waals surface area contributed by atoms with E-state index < -0.39 is 35.1 Å². The van der Waals surface area contributed by atoms with Crippen molar-refractivity contribution in [3.05, 3.63) is 48.0 Å². The second-order valence-corrected chi connectivity index (χ2v) is 4.28. The van der Waals surface area contributed by atoms with Crippen LogP contribution in [0.4, 0.5) is 4.39 Å². The first-order valence-electron chi connectivity index (χ1n) is 5.87. The zero-order valence-electron chi connectivity index (χ0n) is 10.7. The van der Waals surface area contributed by atoms with Crippen LogP contribution in [-0.2, 0) is 4.79 Å². The SMILES string of the molecule is NC(C(=O)O)C(=O)c1ncc(-c2cccc(F)c2)cc1O. The fraction of sp³-hybridized carbons (Fsp3) is 0.0714. The van der Waals surface area contributed by atoms with Crippen molar-refractivity contribution < 1.29 is 24.2 Å². The van der Waals surface area contributed by atoms with Crippen molar-refractivity contribution in [1.82, 2.24) is 4.98 Å². The van der Waals surface area contributed by atoms with E-state index in [2.05, 4.69) is 4.98 Å². The summed E-state index contributed by atoms with van der Waals surface area (Å²) >= 11 is 0. The summed E-state index contributed by atoms with van der Waals surface area (Å²) in [5.74, 6) is -3.50. The lowest BCUT2D eigenvalue weighted by Crippen LogP contribution is -2.38. The number of rotatable bonds is 4. The number of carbonyl (C=O) groups excluding carboxylic acids is 1. The molecule has 0 aliphatic heterocycles. The largest absolute Gasteiger partial charge is 0.506 e. The lowest BCUT2D eigenvalue weighted by Gasteiger charge is -2.08. The predicted molar refractivity (Wildman–Crippen MR) is 71.2 cm³/mol. The fourth-order valence-corrected chi connectivity index (χ4v) is 1.73. The number of carboxylic acid groups (broad SMARTS) is 1. The maximum absolute atomic E-state index is 13.1. The van der Waals surface area contributed by atoms with E-state index in [0.29, 0.717) is 11.1 Å². The summed E-state index contributed by atoms with van der Waals surface area (Å²) in [7, 11) is 0. The average molecular weight is 290 g/mol. The molecular weight excluding hydrogens is 279 g/mol. The summed E-state index contributed by atoms with van der Waals surface area (Å²) in [4.78, 5) is 26.1. The number of nitrogens with zero attached hydrogens (tertiary/aromatic N) is 1. The first kappa shape index (κ1) is 14.6. The molecule has 0 radical (unpaired) electrons. The van der Waals surface area contributed by atoms with Crippen LogP contribution in [0.2, 0.25) is 0 Å². The van der Waals surface area contributed by atoms with Gasteiger partial charge in [0, 0.05) is 11.8 Å². The van der Waals surface area contributed by atoms with Crippen molar-refractivity contribution in [3.63, 3.8) is 0 Å². The molecule has 0 saturated heterocycles. The van der Waals surface area contributed by atoms with Crippen molar-refractivity contribution in [2.45, 2.75) is 6.04 Å². The minimum absolute atomic E-state index is 0.382. The molecule has 1 unspecified atom stereocenters. The number of aromatic nitrogens is 1. The van der Waals surface area contributed by atoms with Gasteiger partial charge in [-0.3, -0.25) is 9.59 Å². The van der Waals surface area contributed by atoms with Gasteiger partial charge in [0.15, 0.2) is 6.04 Å². The van der Waals surface area contributed by atoms with Gasteiger partial charge in [0.05, 0.1) is 0 Å². The molecule has 0 fully saturated rings. The molecule has 1 aromatic carbocycles. The summed E-state index contributed by atoms with van der Waals surface area (Å²) in [5, 5.41) is 18.5. The van der Waals surface area contributed by atoms with E-state index in [1.807, 2.05) is 0 Å². The third-order valence-corrected chi connectivity index (χ3v) is 2.81. The van der Waals surface area contributed by atoms with Gasteiger partial charge in [-0.15, -0.1) is 0 Å². The molecule has 1 aromatic heterocycles. The fourth-order valence-electron chi connectivity index (χ4n) is 1.73. The van der Waals surface area contributed by atoms with Crippen LogP contribution in [0.1, 0.15) is 10.5 Å². The molecule has 1 atom stereocenters. The summed E-state index contributed by atoms with van der Waals surface area (Å²) < 4.78 is 13.1. The Morgan fingerprint density at radius 3 is 2.52 bits per heavy atom. The molecule has 21 heavy (non-hydrogen) atoms. The zero-order chi connectivity index (χ0) is 15.6. The van der Waals surface area contributed by atoms with Crippen LogP contribution in [0.15, 0.2) is 36.5 Å². The Bertz CT molecular complexity index is 718. The van der Waals surface area contributed by atoms with E-state index in [4.69, 9.17) is 10.8 Å². The first-order chi connectivity index (χ1) is 9.90. The van der Waals surface area contributed by atoms with Crippen molar-refractivity contribution in [2.75, 3.05) is 0 Å². The number of hydrogen-bond donors (Lipinski definition) is 3. The number of nitrogens with two attached hydrogens (primary N) is 1. The number of carboxylic acids is 1. The Labute approximate surface area is 118 Å².